The van der Waals surface area contributed by atoms with E-state index in [9.17, 15) is 22.8 Å². The number of anilines is 1. The summed E-state index contributed by atoms with van der Waals surface area (Å²) in [5, 5.41) is 5.15. The van der Waals surface area contributed by atoms with Gasteiger partial charge in [-0.15, -0.1) is 0 Å². The van der Waals surface area contributed by atoms with Crippen molar-refractivity contribution >= 4 is 40.7 Å². The number of nitrogens with one attached hydrogen (secondary N) is 2. The molecular formula is C18H15Cl2F3N2O2. The minimum absolute atomic E-state index is 0.00920. The summed E-state index contributed by atoms with van der Waals surface area (Å²) < 4.78 is 36.5. The molecule has 144 valence electrons. The minimum Gasteiger partial charge on any atom is -0.343 e. The third kappa shape index (κ3) is 6.77. The fraction of sp³-hybridized carbons (Fsp3) is 0.222. The number of halogens is 5. The van der Waals surface area contributed by atoms with Crippen LogP contribution in [-0.2, 0) is 11.2 Å². The van der Waals surface area contributed by atoms with E-state index in [-0.39, 0.29) is 17.9 Å². The number of hydrogen-bond acceptors (Lipinski definition) is 2. The summed E-state index contributed by atoms with van der Waals surface area (Å²) in [7, 11) is 0. The number of aryl methyl sites for hydroxylation is 1. The number of benzene rings is 2. The molecule has 0 heterocycles. The number of amides is 2. The number of rotatable bonds is 6. The zero-order valence-corrected chi connectivity index (χ0v) is 15.4. The highest BCUT2D eigenvalue weighted by atomic mass is 35.5. The molecule has 27 heavy (non-hydrogen) atoms. The van der Waals surface area contributed by atoms with Crippen LogP contribution in [0.3, 0.4) is 0 Å². The first kappa shape index (κ1) is 21.1. The highest BCUT2D eigenvalue weighted by Gasteiger charge is 2.27. The Morgan fingerprint density at radius 3 is 2.44 bits per heavy atom. The van der Waals surface area contributed by atoms with E-state index in [0.717, 1.165) is 5.56 Å². The van der Waals surface area contributed by atoms with E-state index in [4.69, 9.17) is 23.2 Å². The Morgan fingerprint density at radius 2 is 1.74 bits per heavy atom. The second kappa shape index (κ2) is 9.10. The van der Waals surface area contributed by atoms with Crippen LogP contribution >= 0.6 is 23.2 Å². The van der Waals surface area contributed by atoms with Crippen LogP contribution in [0.25, 0.3) is 0 Å². The van der Waals surface area contributed by atoms with E-state index in [2.05, 4.69) is 5.32 Å². The molecule has 0 aliphatic rings. The van der Waals surface area contributed by atoms with E-state index in [1.807, 2.05) is 0 Å². The molecule has 2 N–H and O–H groups in total. The second-order valence-electron chi connectivity index (χ2n) is 5.64. The van der Waals surface area contributed by atoms with Crippen molar-refractivity contribution in [1.82, 2.24) is 5.32 Å². The monoisotopic (exact) mass is 418 g/mol. The van der Waals surface area contributed by atoms with Gasteiger partial charge in [0.1, 0.15) is 6.54 Å². The van der Waals surface area contributed by atoms with E-state index in [1.165, 1.54) is 24.3 Å². The van der Waals surface area contributed by atoms with Gasteiger partial charge in [0.15, 0.2) is 0 Å². The minimum atomic E-state index is -4.50. The van der Waals surface area contributed by atoms with E-state index < -0.39 is 18.6 Å². The maximum absolute atomic E-state index is 12.2. The van der Waals surface area contributed by atoms with Gasteiger partial charge in [-0.25, -0.2) is 0 Å². The lowest BCUT2D eigenvalue weighted by Gasteiger charge is -2.10. The van der Waals surface area contributed by atoms with Gasteiger partial charge in [-0.3, -0.25) is 9.59 Å². The molecule has 2 amide bonds. The molecule has 0 aromatic heterocycles. The maximum atomic E-state index is 12.2. The molecule has 0 saturated heterocycles. The number of carbonyl (C=O) groups is 2. The van der Waals surface area contributed by atoms with Gasteiger partial charge in [-0.1, -0.05) is 41.4 Å². The highest BCUT2D eigenvalue weighted by Crippen LogP contribution is 2.26. The maximum Gasteiger partial charge on any atom is 0.405 e. The first-order valence-corrected chi connectivity index (χ1v) is 8.59. The summed E-state index contributed by atoms with van der Waals surface area (Å²) >= 11 is 12.0. The van der Waals surface area contributed by atoms with Gasteiger partial charge in [0.05, 0.1) is 10.0 Å². The van der Waals surface area contributed by atoms with Crippen molar-refractivity contribution in [3.63, 3.8) is 0 Å². The SMILES string of the molecule is O=C(CCc1cccc(Cl)c1Cl)Nc1cccc(C(=O)NCC(F)(F)F)c1. The first-order chi connectivity index (χ1) is 12.7. The fourth-order valence-corrected chi connectivity index (χ4v) is 2.65. The third-order valence-corrected chi connectivity index (χ3v) is 4.37. The molecule has 4 nitrogen and oxygen atoms in total. The molecule has 0 aliphatic carbocycles. The van der Waals surface area contributed by atoms with Crippen molar-refractivity contribution in [2.24, 2.45) is 0 Å². The normalized spacial score (nSPS) is 11.1. The number of hydrogen-bond donors (Lipinski definition) is 2. The van der Waals surface area contributed by atoms with E-state index in [0.29, 0.717) is 22.2 Å². The molecule has 0 bridgehead atoms. The van der Waals surface area contributed by atoms with Crippen LogP contribution in [0, 0.1) is 0 Å². The van der Waals surface area contributed by atoms with Crippen molar-refractivity contribution in [2.75, 3.05) is 11.9 Å². The third-order valence-electron chi connectivity index (χ3n) is 3.51. The Balaban J connectivity index is 1.94. The zero-order valence-electron chi connectivity index (χ0n) is 13.9. The van der Waals surface area contributed by atoms with Gasteiger partial charge in [-0.05, 0) is 36.2 Å². The molecule has 2 aromatic rings. The second-order valence-corrected chi connectivity index (χ2v) is 6.42. The molecule has 0 spiro atoms. The van der Waals surface area contributed by atoms with Crippen LogP contribution in [0.15, 0.2) is 42.5 Å². The summed E-state index contributed by atoms with van der Waals surface area (Å²) in [6.45, 7) is -1.43. The van der Waals surface area contributed by atoms with Gasteiger partial charge < -0.3 is 10.6 Å². The highest BCUT2D eigenvalue weighted by molar-refractivity contribution is 6.42. The molecule has 0 unspecified atom stereocenters. The number of carbonyl (C=O) groups excluding carboxylic acids is 2. The summed E-state index contributed by atoms with van der Waals surface area (Å²) in [5.74, 6) is -1.21. The molecule has 0 atom stereocenters. The van der Waals surface area contributed by atoms with Crippen LogP contribution in [0.4, 0.5) is 18.9 Å². The quantitative estimate of drug-likeness (QED) is 0.703. The van der Waals surface area contributed by atoms with Crippen molar-refractivity contribution in [3.05, 3.63) is 63.6 Å². The van der Waals surface area contributed by atoms with Crippen LogP contribution in [0.2, 0.25) is 10.0 Å². The standard InChI is InChI=1S/C18H15Cl2F3N2O2/c19-14-6-2-3-11(16(14)20)7-8-15(26)25-13-5-1-4-12(9-13)17(27)24-10-18(21,22)23/h1-6,9H,7-8,10H2,(H,24,27)(H,25,26). The Morgan fingerprint density at radius 1 is 1.04 bits per heavy atom. The van der Waals surface area contributed by atoms with Gasteiger partial charge in [0, 0.05) is 17.7 Å². The van der Waals surface area contributed by atoms with Crippen LogP contribution < -0.4 is 10.6 Å². The molecular weight excluding hydrogens is 404 g/mol. The average Bonchev–Trinajstić information content (AvgIpc) is 2.60. The van der Waals surface area contributed by atoms with Gasteiger partial charge in [-0.2, -0.15) is 13.2 Å². The van der Waals surface area contributed by atoms with Crippen LogP contribution in [0.5, 0.6) is 0 Å². The van der Waals surface area contributed by atoms with Crippen LogP contribution in [0.1, 0.15) is 22.3 Å². The predicted octanol–water partition coefficient (Wildman–Crippen LogP) is 4.86. The van der Waals surface area contributed by atoms with Gasteiger partial charge >= 0.3 is 6.18 Å². The van der Waals surface area contributed by atoms with Crippen molar-refractivity contribution in [2.45, 2.75) is 19.0 Å². The van der Waals surface area contributed by atoms with Crippen molar-refractivity contribution in [1.29, 1.82) is 0 Å². The lowest BCUT2D eigenvalue weighted by Crippen LogP contribution is -2.33. The van der Waals surface area contributed by atoms with Crippen molar-refractivity contribution in [3.8, 4) is 0 Å². The largest absolute Gasteiger partial charge is 0.405 e. The Hall–Kier alpha value is -2.25. The van der Waals surface area contributed by atoms with Crippen molar-refractivity contribution < 1.29 is 22.8 Å². The summed E-state index contributed by atoms with van der Waals surface area (Å²) in [4.78, 5) is 23.8. The van der Waals surface area contributed by atoms with Gasteiger partial charge in [0.2, 0.25) is 5.91 Å². The fourth-order valence-electron chi connectivity index (χ4n) is 2.23. The molecule has 2 rings (SSSR count). The average molecular weight is 419 g/mol. The lowest BCUT2D eigenvalue weighted by molar-refractivity contribution is -0.123. The van der Waals surface area contributed by atoms with Crippen LogP contribution in [-0.4, -0.2) is 24.5 Å². The lowest BCUT2D eigenvalue weighted by atomic mass is 10.1. The molecule has 9 heteroatoms. The first-order valence-electron chi connectivity index (χ1n) is 7.83. The molecule has 0 saturated carbocycles. The van der Waals surface area contributed by atoms with E-state index in [1.54, 1.807) is 23.5 Å². The summed E-state index contributed by atoms with van der Waals surface area (Å²) in [6, 6.07) is 10.8. The summed E-state index contributed by atoms with van der Waals surface area (Å²) in [5.41, 5.74) is 1.03. The molecule has 2 aromatic carbocycles. The Labute approximate surface area is 163 Å². The zero-order chi connectivity index (χ0) is 20.0. The smallest absolute Gasteiger partial charge is 0.343 e. The molecule has 0 fully saturated rings. The predicted molar refractivity (Wildman–Crippen MR) is 98.2 cm³/mol. The summed E-state index contributed by atoms with van der Waals surface area (Å²) in [6.07, 6.45) is -4.02. The number of alkyl halides is 3. The molecule has 0 aliphatic heterocycles. The topological polar surface area (TPSA) is 58.2 Å². The molecule has 0 radical (unpaired) electrons. The van der Waals surface area contributed by atoms with E-state index >= 15 is 0 Å². The Bertz CT molecular complexity index is 842. The Kier molecular flexibility index (Phi) is 7.10. The van der Waals surface area contributed by atoms with Gasteiger partial charge in [0.25, 0.3) is 5.91 Å².